The van der Waals surface area contributed by atoms with Crippen molar-refractivity contribution in [1.29, 1.82) is 0 Å². The molecule has 0 fully saturated rings. The Morgan fingerprint density at radius 1 is 1.16 bits per heavy atom. The van der Waals surface area contributed by atoms with Crippen LogP contribution in [0.25, 0.3) is 16.6 Å². The monoisotopic (exact) mass is 538 g/mol. The van der Waals surface area contributed by atoms with Crippen molar-refractivity contribution in [3.63, 3.8) is 0 Å². The number of halogens is 1. The predicted molar refractivity (Wildman–Crippen MR) is 163 cm³/mol. The largest absolute Gasteiger partial charge is 0.349 e. The second-order valence-electron chi connectivity index (χ2n) is 8.97. The van der Waals surface area contributed by atoms with E-state index >= 15 is 0 Å². The van der Waals surface area contributed by atoms with E-state index in [0.29, 0.717) is 16.7 Å². The zero-order chi connectivity index (χ0) is 27.9. The highest BCUT2D eigenvalue weighted by atomic mass is 35.5. The number of rotatable bonds is 13. The van der Waals surface area contributed by atoms with Gasteiger partial charge >= 0.3 is 0 Å². The molecule has 0 radical (unpaired) electrons. The second kappa shape index (κ2) is 16.6. The number of unbranched alkanes of at least 4 members (excludes halogenated alkanes) is 4. The van der Waals surface area contributed by atoms with Crippen molar-refractivity contribution in [2.75, 3.05) is 5.32 Å². The van der Waals surface area contributed by atoms with Crippen LogP contribution in [-0.2, 0) is 0 Å². The lowest BCUT2D eigenvalue weighted by molar-refractivity contribution is 0.0933. The number of carbonyl (C=O) groups is 1. The van der Waals surface area contributed by atoms with E-state index in [2.05, 4.69) is 44.4 Å². The zero-order valence-corrected chi connectivity index (χ0v) is 24.5. The Hall–Kier alpha value is -3.19. The number of aliphatic imine (C=N–C) groups is 1. The minimum absolute atomic E-state index is 0.117. The minimum Gasteiger partial charge on any atom is -0.349 e. The number of aromatic nitrogens is 3. The molecule has 7 nitrogen and oxygen atoms in total. The summed E-state index contributed by atoms with van der Waals surface area (Å²) < 4.78 is 0. The molecule has 0 spiro atoms. The van der Waals surface area contributed by atoms with Crippen LogP contribution in [0.1, 0.15) is 103 Å². The molecule has 1 amide bonds. The van der Waals surface area contributed by atoms with Crippen LogP contribution in [-0.4, -0.2) is 33.1 Å². The van der Waals surface area contributed by atoms with Gasteiger partial charge in [0.1, 0.15) is 5.69 Å². The summed E-state index contributed by atoms with van der Waals surface area (Å²) in [6.07, 6.45) is 13.4. The van der Waals surface area contributed by atoms with Gasteiger partial charge in [-0.3, -0.25) is 9.79 Å². The summed E-state index contributed by atoms with van der Waals surface area (Å²) in [4.78, 5) is 29.4. The van der Waals surface area contributed by atoms with E-state index in [1.807, 2.05) is 58.2 Å². The third-order valence-electron chi connectivity index (χ3n) is 5.90. The Bertz CT molecular complexity index is 1220. The van der Waals surface area contributed by atoms with E-state index in [9.17, 15) is 4.79 Å². The summed E-state index contributed by atoms with van der Waals surface area (Å²) in [6, 6.07) is 7.49. The van der Waals surface area contributed by atoms with E-state index in [1.165, 1.54) is 25.7 Å². The minimum atomic E-state index is -0.125. The maximum Gasteiger partial charge on any atom is 0.267 e. The molecule has 2 heterocycles. The van der Waals surface area contributed by atoms with Gasteiger partial charge in [-0.15, -0.1) is 0 Å². The number of aromatic amines is 1. The van der Waals surface area contributed by atoms with Crippen molar-refractivity contribution in [1.82, 2.24) is 20.3 Å². The fourth-order valence-corrected chi connectivity index (χ4v) is 4.26. The van der Waals surface area contributed by atoms with E-state index in [4.69, 9.17) is 11.6 Å². The van der Waals surface area contributed by atoms with Crippen LogP contribution >= 0.6 is 11.6 Å². The van der Waals surface area contributed by atoms with E-state index in [0.717, 1.165) is 47.2 Å². The number of hydrogen-bond acceptors (Lipinski definition) is 5. The quantitative estimate of drug-likeness (QED) is 0.150. The summed E-state index contributed by atoms with van der Waals surface area (Å²) in [7, 11) is 0. The first-order valence-corrected chi connectivity index (χ1v) is 14.2. The molecule has 3 N–H and O–H groups in total. The van der Waals surface area contributed by atoms with Gasteiger partial charge in [0.2, 0.25) is 5.95 Å². The van der Waals surface area contributed by atoms with Gasteiger partial charge in [0.25, 0.3) is 5.91 Å². The maximum absolute atomic E-state index is 12.8. The highest BCUT2D eigenvalue weighted by Gasteiger charge is 2.15. The molecular formula is C30H43ClN6O. The van der Waals surface area contributed by atoms with Gasteiger partial charge < -0.3 is 15.6 Å². The normalized spacial score (nSPS) is 12.3. The number of allylic oxidation sites excluding steroid dienone is 1. The Balaban J connectivity index is 0.00000247. The highest BCUT2D eigenvalue weighted by molar-refractivity contribution is 6.35. The van der Waals surface area contributed by atoms with E-state index in [1.54, 1.807) is 12.3 Å². The summed E-state index contributed by atoms with van der Waals surface area (Å²) in [6.45, 7) is 12.2. The van der Waals surface area contributed by atoms with Gasteiger partial charge in [0.15, 0.2) is 0 Å². The number of nitrogens with one attached hydrogen (secondary N) is 3. The third-order valence-corrected chi connectivity index (χ3v) is 6.20. The van der Waals surface area contributed by atoms with Gasteiger partial charge in [-0.2, -0.15) is 0 Å². The van der Waals surface area contributed by atoms with Crippen LogP contribution < -0.4 is 10.6 Å². The lowest BCUT2D eigenvalue weighted by Gasteiger charge is -2.13. The molecule has 1 atom stereocenters. The molecule has 1 aromatic carbocycles. The number of H-pyrrole nitrogens is 1. The molecule has 2 aromatic heterocycles. The Morgan fingerprint density at radius 2 is 1.92 bits per heavy atom. The molecule has 1 unspecified atom stereocenters. The van der Waals surface area contributed by atoms with Gasteiger partial charge in [-0.1, -0.05) is 77.5 Å². The molecule has 8 heteroatoms. The number of fused-ring (bicyclic) bond motifs is 1. The molecule has 0 saturated carbocycles. The van der Waals surface area contributed by atoms with Gasteiger partial charge in [0, 0.05) is 29.5 Å². The van der Waals surface area contributed by atoms with Crippen molar-refractivity contribution >= 4 is 52.0 Å². The highest BCUT2D eigenvalue weighted by Crippen LogP contribution is 2.29. The van der Waals surface area contributed by atoms with Crippen molar-refractivity contribution in [3.05, 3.63) is 52.9 Å². The first-order valence-electron chi connectivity index (χ1n) is 13.9. The number of nitrogens with zero attached hydrogens (tertiary/aromatic N) is 3. The number of carbonyl (C=O) groups excluding carboxylic acids is 1. The lowest BCUT2D eigenvalue weighted by atomic mass is 10.1. The number of anilines is 2. The third kappa shape index (κ3) is 9.28. The van der Waals surface area contributed by atoms with Crippen molar-refractivity contribution in [2.24, 2.45) is 4.99 Å². The smallest absolute Gasteiger partial charge is 0.267 e. The summed E-state index contributed by atoms with van der Waals surface area (Å²) in [5, 5.41) is 7.66. The molecule has 0 aliphatic carbocycles. The standard InChI is InChI=1S/C28H37ClN6O.C2H6/c1-5-8-9-10-11-12-19(4)32-27(36)25-17-20-16-21(18-22(29)26(20)34-25)33-28-31-15-13-24(35-28)23(7-3)30-14-6-2;1-2/h7,13-19,34H,5-6,8-12H2,1-4H3,(H,32,36)(H,31,33,35);1-2H3/b23-7-,30-14?;. The molecule has 3 rings (SSSR count). The second-order valence-corrected chi connectivity index (χ2v) is 9.37. The summed E-state index contributed by atoms with van der Waals surface area (Å²) >= 11 is 6.55. The average molecular weight is 539 g/mol. The maximum atomic E-state index is 12.8. The van der Waals surface area contributed by atoms with Crippen LogP contribution in [0.4, 0.5) is 11.6 Å². The molecule has 206 valence electrons. The number of benzene rings is 1. The van der Waals surface area contributed by atoms with Crippen LogP contribution in [0.3, 0.4) is 0 Å². The van der Waals surface area contributed by atoms with Gasteiger partial charge in [-0.05, 0) is 51.0 Å². The predicted octanol–water partition coefficient (Wildman–Crippen LogP) is 8.70. The van der Waals surface area contributed by atoms with Crippen LogP contribution in [0.15, 0.2) is 41.5 Å². The molecule has 0 saturated heterocycles. The zero-order valence-electron chi connectivity index (χ0n) is 23.7. The first-order chi connectivity index (χ1) is 18.4. The van der Waals surface area contributed by atoms with Crippen molar-refractivity contribution < 1.29 is 4.79 Å². The van der Waals surface area contributed by atoms with Gasteiger partial charge in [0.05, 0.1) is 21.9 Å². The average Bonchev–Trinajstić information content (AvgIpc) is 3.35. The first kappa shape index (κ1) is 31.0. The SMILES string of the molecule is C/C=C(\N=CCC)c1ccnc(Nc2cc(Cl)c3[nH]c(C(=O)NC(C)CCCCCCC)cc3c2)n1.CC. The fourth-order valence-electron chi connectivity index (χ4n) is 3.99. The van der Waals surface area contributed by atoms with E-state index in [-0.39, 0.29) is 11.9 Å². The summed E-state index contributed by atoms with van der Waals surface area (Å²) in [5.41, 5.74) is 3.46. The molecule has 38 heavy (non-hydrogen) atoms. The molecular weight excluding hydrogens is 496 g/mol. The Labute approximate surface area is 232 Å². The number of amides is 1. The van der Waals surface area contributed by atoms with Crippen LogP contribution in [0.2, 0.25) is 5.02 Å². The molecule has 3 aromatic rings. The topological polar surface area (TPSA) is 95.1 Å². The van der Waals surface area contributed by atoms with Crippen molar-refractivity contribution in [3.8, 4) is 0 Å². The van der Waals surface area contributed by atoms with E-state index < -0.39 is 0 Å². The Kier molecular flexibility index (Phi) is 13.6. The molecule has 0 aliphatic heterocycles. The van der Waals surface area contributed by atoms with Crippen molar-refractivity contribution in [2.45, 2.75) is 92.5 Å². The fraction of sp³-hybridized carbons (Fsp3) is 0.467. The molecule has 0 bridgehead atoms. The van der Waals surface area contributed by atoms with Crippen LogP contribution in [0, 0.1) is 0 Å². The van der Waals surface area contributed by atoms with Gasteiger partial charge in [-0.25, -0.2) is 9.97 Å². The Morgan fingerprint density at radius 3 is 2.63 bits per heavy atom. The lowest BCUT2D eigenvalue weighted by Crippen LogP contribution is -2.32. The molecule has 0 aliphatic rings. The van der Waals surface area contributed by atoms with Crippen LogP contribution in [0.5, 0.6) is 0 Å². The summed E-state index contributed by atoms with van der Waals surface area (Å²) in [5.74, 6) is 0.315. The number of hydrogen-bond donors (Lipinski definition) is 3.